The molecule has 9 heteroatoms. The number of carboxylic acid groups (broad SMARTS) is 1. The number of imidazole rings is 1. The van der Waals surface area contributed by atoms with Gasteiger partial charge < -0.3 is 14.9 Å². The lowest BCUT2D eigenvalue weighted by atomic mass is 10.1. The SMILES string of the molecule is CN1C(=O)CN(C2CCCC2)c2nc(-n3cnc(C(=O)O)c3)ncc21. The van der Waals surface area contributed by atoms with Crippen LogP contribution >= 0.6 is 0 Å². The second-order valence-corrected chi connectivity index (χ2v) is 6.37. The van der Waals surface area contributed by atoms with Crippen molar-refractivity contribution in [3.05, 3.63) is 24.4 Å². The Kier molecular flexibility index (Phi) is 3.63. The molecule has 0 saturated heterocycles. The van der Waals surface area contributed by atoms with Crippen LogP contribution < -0.4 is 9.80 Å². The molecule has 1 fully saturated rings. The van der Waals surface area contributed by atoms with Gasteiger partial charge in [-0.15, -0.1) is 0 Å². The van der Waals surface area contributed by atoms with Crippen molar-refractivity contribution in [1.29, 1.82) is 0 Å². The fourth-order valence-corrected chi connectivity index (χ4v) is 3.45. The number of nitrogens with zero attached hydrogens (tertiary/aromatic N) is 6. The Morgan fingerprint density at radius 3 is 2.72 bits per heavy atom. The number of fused-ring (bicyclic) bond motifs is 1. The van der Waals surface area contributed by atoms with Crippen molar-refractivity contribution in [3.8, 4) is 5.95 Å². The smallest absolute Gasteiger partial charge is 0.356 e. The van der Waals surface area contributed by atoms with Gasteiger partial charge in [-0.25, -0.2) is 14.8 Å². The van der Waals surface area contributed by atoms with Gasteiger partial charge in [0.1, 0.15) is 12.0 Å². The molecule has 1 N–H and O–H groups in total. The average Bonchev–Trinajstić information content (AvgIpc) is 3.29. The van der Waals surface area contributed by atoms with Crippen molar-refractivity contribution in [1.82, 2.24) is 19.5 Å². The molecule has 4 rings (SSSR count). The third kappa shape index (κ3) is 2.61. The molecule has 1 aliphatic carbocycles. The van der Waals surface area contributed by atoms with Crippen LogP contribution in [0.25, 0.3) is 5.95 Å². The average molecular weight is 342 g/mol. The Balaban J connectivity index is 1.76. The molecule has 0 unspecified atom stereocenters. The van der Waals surface area contributed by atoms with Crippen LogP contribution in [0.2, 0.25) is 0 Å². The summed E-state index contributed by atoms with van der Waals surface area (Å²) in [4.78, 5) is 39.7. The van der Waals surface area contributed by atoms with E-state index in [1.54, 1.807) is 18.1 Å². The Hall–Kier alpha value is -2.97. The predicted octanol–water partition coefficient (Wildman–Crippen LogP) is 1.09. The molecule has 1 aliphatic heterocycles. The topological polar surface area (TPSA) is 104 Å². The van der Waals surface area contributed by atoms with Crippen LogP contribution in [0.5, 0.6) is 0 Å². The fourth-order valence-electron chi connectivity index (χ4n) is 3.45. The second kappa shape index (κ2) is 5.83. The van der Waals surface area contributed by atoms with E-state index in [0.29, 0.717) is 30.0 Å². The van der Waals surface area contributed by atoms with E-state index in [-0.39, 0.29) is 11.6 Å². The summed E-state index contributed by atoms with van der Waals surface area (Å²) in [5.74, 6) is -0.0322. The molecule has 1 amide bonds. The molecule has 0 spiro atoms. The maximum atomic E-state index is 12.3. The summed E-state index contributed by atoms with van der Waals surface area (Å²) in [7, 11) is 1.72. The van der Waals surface area contributed by atoms with Crippen molar-refractivity contribution < 1.29 is 14.7 Å². The summed E-state index contributed by atoms with van der Waals surface area (Å²) in [6.45, 7) is 0.301. The van der Waals surface area contributed by atoms with Gasteiger partial charge in [-0.3, -0.25) is 9.36 Å². The molecular formula is C16H18N6O3. The van der Waals surface area contributed by atoms with Gasteiger partial charge in [0, 0.05) is 19.3 Å². The molecular weight excluding hydrogens is 324 g/mol. The lowest BCUT2D eigenvalue weighted by Gasteiger charge is -2.37. The van der Waals surface area contributed by atoms with Gasteiger partial charge in [-0.2, -0.15) is 4.98 Å². The molecule has 130 valence electrons. The highest BCUT2D eigenvalue weighted by atomic mass is 16.4. The first-order chi connectivity index (χ1) is 12.0. The van der Waals surface area contributed by atoms with Crippen molar-refractivity contribution in [2.24, 2.45) is 0 Å². The zero-order valence-corrected chi connectivity index (χ0v) is 13.8. The van der Waals surface area contributed by atoms with Gasteiger partial charge >= 0.3 is 5.97 Å². The quantitative estimate of drug-likeness (QED) is 0.890. The number of hydrogen-bond acceptors (Lipinski definition) is 6. The van der Waals surface area contributed by atoms with Crippen molar-refractivity contribution in [2.45, 2.75) is 31.7 Å². The summed E-state index contributed by atoms with van der Waals surface area (Å²) in [6.07, 6.45) is 8.76. The van der Waals surface area contributed by atoms with Gasteiger partial charge in [0.2, 0.25) is 11.9 Å². The number of carbonyl (C=O) groups is 2. The van der Waals surface area contributed by atoms with E-state index in [1.165, 1.54) is 17.1 Å². The van der Waals surface area contributed by atoms with Crippen molar-refractivity contribution in [2.75, 3.05) is 23.4 Å². The Labute approximate surface area is 143 Å². The van der Waals surface area contributed by atoms with E-state index in [2.05, 4.69) is 19.9 Å². The highest BCUT2D eigenvalue weighted by Gasteiger charge is 2.34. The highest BCUT2D eigenvalue weighted by molar-refractivity contribution is 6.01. The number of carbonyl (C=O) groups excluding carboxylic acids is 1. The van der Waals surface area contributed by atoms with Gasteiger partial charge in [0.05, 0.1) is 12.7 Å². The molecule has 2 aliphatic rings. The largest absolute Gasteiger partial charge is 0.476 e. The molecule has 0 radical (unpaired) electrons. The molecule has 0 aromatic carbocycles. The lowest BCUT2D eigenvalue weighted by molar-refractivity contribution is -0.117. The number of likely N-dealkylation sites (N-methyl/N-ethyl adjacent to an activating group) is 1. The molecule has 0 bridgehead atoms. The third-order valence-electron chi connectivity index (χ3n) is 4.85. The minimum atomic E-state index is -1.10. The van der Waals surface area contributed by atoms with E-state index >= 15 is 0 Å². The summed E-state index contributed by atoms with van der Waals surface area (Å²) in [5.41, 5.74) is 0.603. The maximum absolute atomic E-state index is 12.3. The Bertz CT molecular complexity index is 842. The summed E-state index contributed by atoms with van der Waals surface area (Å²) in [6, 6.07) is 0.302. The highest BCUT2D eigenvalue weighted by Crippen LogP contribution is 2.36. The van der Waals surface area contributed by atoms with Crippen LogP contribution in [0.15, 0.2) is 18.7 Å². The van der Waals surface area contributed by atoms with E-state index in [4.69, 9.17) is 5.11 Å². The van der Waals surface area contributed by atoms with Gasteiger partial charge in [0.25, 0.3) is 0 Å². The molecule has 2 aromatic rings. The summed E-state index contributed by atoms with van der Waals surface area (Å²) < 4.78 is 1.48. The summed E-state index contributed by atoms with van der Waals surface area (Å²) in [5, 5.41) is 9.02. The molecule has 2 aromatic heterocycles. The molecule has 0 atom stereocenters. The van der Waals surface area contributed by atoms with Gasteiger partial charge in [-0.05, 0) is 12.8 Å². The number of hydrogen-bond donors (Lipinski definition) is 1. The van der Waals surface area contributed by atoms with Crippen LogP contribution in [-0.4, -0.2) is 56.1 Å². The Morgan fingerprint density at radius 1 is 1.28 bits per heavy atom. The van der Waals surface area contributed by atoms with Crippen molar-refractivity contribution >= 4 is 23.4 Å². The number of aromatic carboxylic acids is 1. The first-order valence-corrected chi connectivity index (χ1v) is 8.22. The van der Waals surface area contributed by atoms with Gasteiger partial charge in [0.15, 0.2) is 11.5 Å². The van der Waals surface area contributed by atoms with Crippen LogP contribution in [-0.2, 0) is 4.79 Å². The van der Waals surface area contributed by atoms with Crippen LogP contribution in [0, 0.1) is 0 Å². The standard InChI is InChI=1S/C16H18N6O3/c1-20-12-6-17-16(21-7-11(15(24)25)18-9-21)19-14(12)22(8-13(20)23)10-4-2-3-5-10/h6-7,9-10H,2-5,8H2,1H3,(H,24,25). The number of anilines is 2. The number of carboxylic acids is 1. The monoisotopic (exact) mass is 342 g/mol. The van der Waals surface area contributed by atoms with Crippen LogP contribution in [0.4, 0.5) is 11.5 Å². The third-order valence-corrected chi connectivity index (χ3v) is 4.85. The maximum Gasteiger partial charge on any atom is 0.356 e. The summed E-state index contributed by atoms with van der Waals surface area (Å²) >= 11 is 0. The van der Waals surface area contributed by atoms with Crippen molar-refractivity contribution in [3.63, 3.8) is 0 Å². The zero-order chi connectivity index (χ0) is 17.6. The molecule has 25 heavy (non-hydrogen) atoms. The first kappa shape index (κ1) is 15.6. The minimum absolute atomic E-state index is 0.0199. The molecule has 3 heterocycles. The number of aromatic nitrogens is 4. The minimum Gasteiger partial charge on any atom is -0.476 e. The fraction of sp³-hybridized carbons (Fsp3) is 0.438. The zero-order valence-electron chi connectivity index (χ0n) is 13.8. The second-order valence-electron chi connectivity index (χ2n) is 6.37. The van der Waals surface area contributed by atoms with Gasteiger partial charge in [-0.1, -0.05) is 12.8 Å². The van der Waals surface area contributed by atoms with E-state index < -0.39 is 5.97 Å². The number of rotatable bonds is 3. The van der Waals surface area contributed by atoms with Crippen LogP contribution in [0.3, 0.4) is 0 Å². The molecule has 1 saturated carbocycles. The Morgan fingerprint density at radius 2 is 2.04 bits per heavy atom. The van der Waals surface area contributed by atoms with E-state index in [1.807, 2.05) is 0 Å². The first-order valence-electron chi connectivity index (χ1n) is 8.22. The van der Waals surface area contributed by atoms with E-state index in [0.717, 1.165) is 25.7 Å². The van der Waals surface area contributed by atoms with Crippen LogP contribution in [0.1, 0.15) is 36.2 Å². The lowest BCUT2D eigenvalue weighted by Crippen LogP contribution is -2.48. The van der Waals surface area contributed by atoms with E-state index in [9.17, 15) is 9.59 Å². The predicted molar refractivity (Wildman–Crippen MR) is 89.1 cm³/mol. The normalized spacial score (nSPS) is 17.9. The number of amides is 1. The molecule has 9 nitrogen and oxygen atoms in total.